The van der Waals surface area contributed by atoms with Gasteiger partial charge in [-0.05, 0) is 32.3 Å². The molecule has 0 aromatic carbocycles. The Morgan fingerprint density at radius 3 is 2.76 bits per heavy atom. The van der Waals surface area contributed by atoms with Crippen molar-refractivity contribution in [1.29, 1.82) is 0 Å². The minimum Gasteiger partial charge on any atom is -0.326 e. The summed E-state index contributed by atoms with van der Waals surface area (Å²) in [6.45, 7) is 7.54. The highest BCUT2D eigenvalue weighted by molar-refractivity contribution is 5.80. The predicted molar refractivity (Wildman–Crippen MR) is 69.2 cm³/mol. The molecule has 0 spiro atoms. The summed E-state index contributed by atoms with van der Waals surface area (Å²) in [6.07, 6.45) is 2.52. The molecule has 0 saturated carbocycles. The van der Waals surface area contributed by atoms with Crippen LogP contribution in [-0.2, 0) is 11.2 Å². The van der Waals surface area contributed by atoms with E-state index in [0.29, 0.717) is 12.8 Å². The third-order valence-electron chi connectivity index (χ3n) is 2.62. The second-order valence-electron chi connectivity index (χ2n) is 4.51. The molecule has 0 saturated heterocycles. The van der Waals surface area contributed by atoms with Crippen LogP contribution in [0.1, 0.15) is 37.4 Å². The van der Waals surface area contributed by atoms with Crippen molar-refractivity contribution in [3.05, 3.63) is 45.9 Å². The monoisotopic (exact) mass is 233 g/mol. The summed E-state index contributed by atoms with van der Waals surface area (Å²) in [7, 11) is 0. The zero-order valence-corrected chi connectivity index (χ0v) is 10.5. The van der Waals surface area contributed by atoms with Crippen molar-refractivity contribution in [2.24, 2.45) is 0 Å². The van der Waals surface area contributed by atoms with Crippen LogP contribution in [0.2, 0.25) is 0 Å². The maximum Gasteiger partial charge on any atom is 0.248 e. The smallest absolute Gasteiger partial charge is 0.248 e. The molecule has 3 nitrogen and oxygen atoms in total. The fourth-order valence-corrected chi connectivity index (χ4v) is 1.74. The number of aromatic amines is 1. The average molecular weight is 233 g/mol. The minimum absolute atomic E-state index is 0.0844. The SMILES string of the molecule is C=C(C)CC(=O)CCCc1[nH]c(=O)ccc1C. The number of nitrogens with one attached hydrogen (secondary N) is 1. The number of aromatic nitrogens is 1. The molecule has 0 fully saturated rings. The first kappa shape index (κ1) is 13.4. The number of carbonyl (C=O) groups excluding carboxylic acids is 1. The predicted octanol–water partition coefficient (Wildman–Crippen LogP) is 2.54. The van der Waals surface area contributed by atoms with Crippen LogP contribution in [-0.4, -0.2) is 10.8 Å². The summed E-state index contributed by atoms with van der Waals surface area (Å²) < 4.78 is 0. The van der Waals surface area contributed by atoms with E-state index in [-0.39, 0.29) is 11.3 Å². The molecular formula is C14H19NO2. The summed E-state index contributed by atoms with van der Waals surface area (Å²) in [6, 6.07) is 3.33. The quantitative estimate of drug-likeness (QED) is 0.768. The summed E-state index contributed by atoms with van der Waals surface area (Å²) in [4.78, 5) is 25.4. The zero-order chi connectivity index (χ0) is 12.8. The van der Waals surface area contributed by atoms with Gasteiger partial charge < -0.3 is 4.98 Å². The second kappa shape index (κ2) is 6.18. The molecule has 0 radical (unpaired) electrons. The molecule has 0 aliphatic heterocycles. The fourth-order valence-electron chi connectivity index (χ4n) is 1.74. The van der Waals surface area contributed by atoms with Gasteiger partial charge in [0.25, 0.3) is 0 Å². The van der Waals surface area contributed by atoms with Crippen LogP contribution >= 0.6 is 0 Å². The van der Waals surface area contributed by atoms with E-state index in [1.165, 1.54) is 6.07 Å². The van der Waals surface area contributed by atoms with Crippen LogP contribution in [0.15, 0.2) is 29.1 Å². The van der Waals surface area contributed by atoms with Gasteiger partial charge in [-0.3, -0.25) is 9.59 Å². The molecule has 1 N–H and O–H groups in total. The Morgan fingerprint density at radius 1 is 1.41 bits per heavy atom. The van der Waals surface area contributed by atoms with E-state index >= 15 is 0 Å². The molecular weight excluding hydrogens is 214 g/mol. The highest BCUT2D eigenvalue weighted by Crippen LogP contribution is 2.08. The molecule has 1 aromatic heterocycles. The number of H-pyrrole nitrogens is 1. The Morgan fingerprint density at radius 2 is 2.12 bits per heavy atom. The first-order valence-corrected chi connectivity index (χ1v) is 5.84. The molecule has 0 aliphatic rings. The Kier molecular flexibility index (Phi) is 4.88. The van der Waals surface area contributed by atoms with Gasteiger partial charge in [0.2, 0.25) is 5.56 Å². The van der Waals surface area contributed by atoms with Crippen LogP contribution in [0.5, 0.6) is 0 Å². The Hall–Kier alpha value is -1.64. The van der Waals surface area contributed by atoms with E-state index in [2.05, 4.69) is 11.6 Å². The van der Waals surface area contributed by atoms with Crippen LogP contribution < -0.4 is 5.56 Å². The van der Waals surface area contributed by atoms with Crippen molar-refractivity contribution in [3.63, 3.8) is 0 Å². The third kappa shape index (κ3) is 4.81. The van der Waals surface area contributed by atoms with Crippen molar-refractivity contribution in [1.82, 2.24) is 4.98 Å². The summed E-state index contributed by atoms with van der Waals surface area (Å²) >= 11 is 0. The van der Waals surface area contributed by atoms with Crippen LogP contribution in [0.4, 0.5) is 0 Å². The number of carbonyl (C=O) groups is 1. The molecule has 0 bridgehead atoms. The van der Waals surface area contributed by atoms with Gasteiger partial charge in [0.05, 0.1) is 0 Å². The maximum absolute atomic E-state index is 11.5. The van der Waals surface area contributed by atoms with Gasteiger partial charge >= 0.3 is 0 Å². The van der Waals surface area contributed by atoms with Crippen LogP contribution in [0.3, 0.4) is 0 Å². The Labute approximate surface area is 102 Å². The first-order valence-electron chi connectivity index (χ1n) is 5.84. The largest absolute Gasteiger partial charge is 0.326 e. The molecule has 0 amide bonds. The van der Waals surface area contributed by atoms with Gasteiger partial charge in [-0.1, -0.05) is 18.2 Å². The van der Waals surface area contributed by atoms with E-state index in [9.17, 15) is 9.59 Å². The van der Waals surface area contributed by atoms with Crippen LogP contribution in [0, 0.1) is 6.92 Å². The number of rotatable bonds is 6. The molecule has 17 heavy (non-hydrogen) atoms. The molecule has 0 aliphatic carbocycles. The molecule has 92 valence electrons. The molecule has 1 aromatic rings. The van der Waals surface area contributed by atoms with E-state index in [1.807, 2.05) is 19.9 Å². The van der Waals surface area contributed by atoms with Crippen molar-refractivity contribution >= 4 is 5.78 Å². The lowest BCUT2D eigenvalue weighted by atomic mass is 10.0. The number of Topliss-reactive ketones (excluding diaryl/α,β-unsaturated/α-hetero) is 1. The lowest BCUT2D eigenvalue weighted by molar-refractivity contribution is -0.118. The molecule has 1 rings (SSSR count). The van der Waals surface area contributed by atoms with Gasteiger partial charge in [0.1, 0.15) is 5.78 Å². The third-order valence-corrected chi connectivity index (χ3v) is 2.62. The molecule has 0 unspecified atom stereocenters. The number of hydrogen-bond donors (Lipinski definition) is 1. The molecule has 1 heterocycles. The first-order chi connectivity index (χ1) is 7.99. The fraction of sp³-hybridized carbons (Fsp3) is 0.429. The van der Waals surface area contributed by atoms with Gasteiger partial charge in [0.15, 0.2) is 0 Å². The lowest BCUT2D eigenvalue weighted by Crippen LogP contribution is -2.09. The topological polar surface area (TPSA) is 49.9 Å². The zero-order valence-electron chi connectivity index (χ0n) is 10.5. The van der Waals surface area contributed by atoms with Crippen molar-refractivity contribution < 1.29 is 4.79 Å². The summed E-state index contributed by atoms with van der Waals surface area (Å²) in [5.41, 5.74) is 2.82. The average Bonchev–Trinajstić information content (AvgIpc) is 2.22. The number of aryl methyl sites for hydroxylation is 2. The molecule has 0 atom stereocenters. The standard InChI is InChI=1S/C14H19NO2/c1-10(2)9-12(16)5-4-6-13-11(3)7-8-14(17)15-13/h7-8H,1,4-6,9H2,2-3H3,(H,15,17). The Balaban J connectivity index is 2.46. The van der Waals surface area contributed by atoms with Gasteiger partial charge in [0, 0.05) is 24.6 Å². The normalized spacial score (nSPS) is 10.2. The van der Waals surface area contributed by atoms with Crippen molar-refractivity contribution in [2.75, 3.05) is 0 Å². The summed E-state index contributed by atoms with van der Waals surface area (Å²) in [5, 5.41) is 0. The van der Waals surface area contributed by atoms with Crippen molar-refractivity contribution in [2.45, 2.75) is 39.5 Å². The van der Waals surface area contributed by atoms with E-state index in [1.54, 1.807) is 0 Å². The number of pyridine rings is 1. The highest BCUT2D eigenvalue weighted by atomic mass is 16.1. The number of hydrogen-bond acceptors (Lipinski definition) is 2. The van der Waals surface area contributed by atoms with E-state index in [0.717, 1.165) is 29.7 Å². The van der Waals surface area contributed by atoms with Crippen molar-refractivity contribution in [3.8, 4) is 0 Å². The molecule has 3 heteroatoms. The van der Waals surface area contributed by atoms with E-state index in [4.69, 9.17) is 0 Å². The maximum atomic E-state index is 11.5. The van der Waals surface area contributed by atoms with Gasteiger partial charge in [-0.15, -0.1) is 0 Å². The van der Waals surface area contributed by atoms with Gasteiger partial charge in [-0.2, -0.15) is 0 Å². The van der Waals surface area contributed by atoms with E-state index < -0.39 is 0 Å². The summed E-state index contributed by atoms with van der Waals surface area (Å²) in [5.74, 6) is 0.216. The highest BCUT2D eigenvalue weighted by Gasteiger charge is 2.04. The lowest BCUT2D eigenvalue weighted by Gasteiger charge is -2.04. The van der Waals surface area contributed by atoms with Crippen LogP contribution in [0.25, 0.3) is 0 Å². The van der Waals surface area contributed by atoms with Gasteiger partial charge in [-0.25, -0.2) is 0 Å². The minimum atomic E-state index is -0.0844. The Bertz CT molecular complexity index is 471. The number of ketones is 1. The number of allylic oxidation sites excluding steroid dienone is 1. The second-order valence-corrected chi connectivity index (χ2v) is 4.51.